The summed E-state index contributed by atoms with van der Waals surface area (Å²) >= 11 is 5.91. The highest BCUT2D eigenvalue weighted by molar-refractivity contribution is 6.30. The first-order valence-corrected chi connectivity index (χ1v) is 11.4. The molecular formula is C25H30ClN3O3. The summed E-state index contributed by atoms with van der Waals surface area (Å²) in [6.45, 7) is 7.23. The number of hydrogen-bond donors (Lipinski definition) is 1. The first-order valence-electron chi connectivity index (χ1n) is 11.0. The van der Waals surface area contributed by atoms with Gasteiger partial charge in [0.05, 0.1) is 0 Å². The van der Waals surface area contributed by atoms with Crippen molar-refractivity contribution in [3.63, 3.8) is 0 Å². The fraction of sp³-hybridized carbons (Fsp3) is 0.400. The second kappa shape index (κ2) is 10.6. The zero-order valence-electron chi connectivity index (χ0n) is 18.8. The molecule has 7 heteroatoms. The van der Waals surface area contributed by atoms with E-state index in [2.05, 4.69) is 5.32 Å². The molecule has 0 aliphatic carbocycles. The van der Waals surface area contributed by atoms with Crippen molar-refractivity contribution in [1.29, 1.82) is 0 Å². The minimum Gasteiger partial charge on any atom is -0.340 e. The average Bonchev–Trinajstić information content (AvgIpc) is 2.82. The Morgan fingerprint density at radius 3 is 2.28 bits per heavy atom. The topological polar surface area (TPSA) is 69.7 Å². The van der Waals surface area contributed by atoms with Crippen molar-refractivity contribution in [1.82, 2.24) is 15.1 Å². The van der Waals surface area contributed by atoms with Crippen LogP contribution in [0.15, 0.2) is 54.6 Å². The molecule has 1 N–H and O–H groups in total. The minimum absolute atomic E-state index is 0.0280. The molecule has 0 aromatic heterocycles. The highest BCUT2D eigenvalue weighted by atomic mass is 35.5. The summed E-state index contributed by atoms with van der Waals surface area (Å²) in [6.07, 6.45) is 0.749. The molecule has 1 aliphatic heterocycles. The van der Waals surface area contributed by atoms with Crippen LogP contribution in [0, 0.1) is 5.92 Å². The number of hydrogen-bond acceptors (Lipinski definition) is 3. The molecule has 32 heavy (non-hydrogen) atoms. The number of nitrogens with zero attached hydrogens (tertiary/aromatic N) is 2. The zero-order chi connectivity index (χ0) is 23.3. The van der Waals surface area contributed by atoms with E-state index >= 15 is 0 Å². The monoisotopic (exact) mass is 455 g/mol. The van der Waals surface area contributed by atoms with E-state index in [1.165, 1.54) is 0 Å². The number of carbonyl (C=O) groups is 3. The van der Waals surface area contributed by atoms with Gasteiger partial charge in [0.15, 0.2) is 0 Å². The number of carbonyl (C=O) groups excluding carboxylic acids is 3. The average molecular weight is 456 g/mol. The second-order valence-corrected chi connectivity index (χ2v) is 8.78. The Labute approximate surface area is 194 Å². The summed E-state index contributed by atoms with van der Waals surface area (Å²) in [4.78, 5) is 42.6. The summed E-state index contributed by atoms with van der Waals surface area (Å²) in [5.41, 5.74) is 1.11. The van der Waals surface area contributed by atoms with Gasteiger partial charge in [-0.2, -0.15) is 0 Å². The van der Waals surface area contributed by atoms with Crippen LogP contribution in [0.5, 0.6) is 0 Å². The van der Waals surface area contributed by atoms with Crippen molar-refractivity contribution in [3.05, 3.63) is 70.7 Å². The summed E-state index contributed by atoms with van der Waals surface area (Å²) in [7, 11) is 0. The molecule has 3 unspecified atom stereocenters. The molecule has 170 valence electrons. The van der Waals surface area contributed by atoms with Crippen molar-refractivity contribution in [3.8, 4) is 0 Å². The fourth-order valence-electron chi connectivity index (χ4n) is 3.91. The smallest absolute Gasteiger partial charge is 0.254 e. The van der Waals surface area contributed by atoms with Crippen LogP contribution in [-0.4, -0.2) is 59.2 Å². The van der Waals surface area contributed by atoms with Gasteiger partial charge in [0, 0.05) is 41.8 Å². The SMILES string of the molecule is CCC(C)C(NC(=O)c1ccc(Cl)cc1)C(=O)N1CCN(C(=O)c2ccccc2)C(C)C1. The standard InChI is InChI=1S/C25H30ClN3O3/c1-4-17(2)22(27-23(30)19-10-12-21(26)13-11-19)25(32)28-14-15-29(18(3)16-28)24(31)20-8-6-5-7-9-20/h5-13,17-18,22H,4,14-16H2,1-3H3,(H,27,30). The number of nitrogens with one attached hydrogen (secondary N) is 1. The highest BCUT2D eigenvalue weighted by Gasteiger charge is 2.35. The third-order valence-electron chi connectivity index (χ3n) is 6.09. The molecule has 0 spiro atoms. The van der Waals surface area contributed by atoms with Crippen molar-refractivity contribution in [2.75, 3.05) is 19.6 Å². The van der Waals surface area contributed by atoms with E-state index in [-0.39, 0.29) is 29.7 Å². The van der Waals surface area contributed by atoms with Crippen LogP contribution in [0.4, 0.5) is 0 Å². The lowest BCUT2D eigenvalue weighted by molar-refractivity contribution is -0.137. The maximum atomic E-state index is 13.4. The Hall–Kier alpha value is -2.86. The molecule has 2 aromatic rings. The lowest BCUT2D eigenvalue weighted by Crippen LogP contribution is -2.60. The minimum atomic E-state index is -0.633. The summed E-state index contributed by atoms with van der Waals surface area (Å²) in [5.74, 6) is -0.468. The van der Waals surface area contributed by atoms with E-state index in [0.717, 1.165) is 6.42 Å². The van der Waals surface area contributed by atoms with Gasteiger partial charge in [-0.05, 0) is 49.2 Å². The molecule has 3 atom stereocenters. The van der Waals surface area contributed by atoms with Gasteiger partial charge < -0.3 is 15.1 Å². The Morgan fingerprint density at radius 1 is 1.03 bits per heavy atom. The summed E-state index contributed by atoms with van der Waals surface area (Å²) in [6, 6.07) is 15.0. The van der Waals surface area contributed by atoms with E-state index in [1.54, 1.807) is 41.3 Å². The van der Waals surface area contributed by atoms with Crippen molar-refractivity contribution >= 4 is 29.3 Å². The molecule has 2 aromatic carbocycles. The largest absolute Gasteiger partial charge is 0.340 e. The van der Waals surface area contributed by atoms with Gasteiger partial charge in [0.1, 0.15) is 6.04 Å². The summed E-state index contributed by atoms with van der Waals surface area (Å²) in [5, 5.41) is 3.47. The second-order valence-electron chi connectivity index (χ2n) is 8.34. The van der Waals surface area contributed by atoms with E-state index in [1.807, 2.05) is 43.9 Å². The maximum absolute atomic E-state index is 13.4. The maximum Gasteiger partial charge on any atom is 0.254 e. The van der Waals surface area contributed by atoms with Crippen LogP contribution in [0.3, 0.4) is 0 Å². The van der Waals surface area contributed by atoms with Crippen LogP contribution in [0.2, 0.25) is 5.02 Å². The van der Waals surface area contributed by atoms with E-state index < -0.39 is 6.04 Å². The number of benzene rings is 2. The highest BCUT2D eigenvalue weighted by Crippen LogP contribution is 2.18. The Bertz CT molecular complexity index is 949. The molecule has 1 fully saturated rings. The number of rotatable bonds is 6. The van der Waals surface area contributed by atoms with Gasteiger partial charge in [-0.25, -0.2) is 0 Å². The first kappa shape index (κ1) is 23.8. The lowest BCUT2D eigenvalue weighted by Gasteiger charge is -2.41. The number of amides is 3. The predicted molar refractivity (Wildman–Crippen MR) is 126 cm³/mol. The van der Waals surface area contributed by atoms with Crippen LogP contribution >= 0.6 is 11.6 Å². The Kier molecular flexibility index (Phi) is 7.91. The Balaban J connectivity index is 1.68. The lowest BCUT2D eigenvalue weighted by atomic mass is 9.96. The van der Waals surface area contributed by atoms with Crippen molar-refractivity contribution < 1.29 is 14.4 Å². The number of piperazine rings is 1. The van der Waals surface area contributed by atoms with Crippen molar-refractivity contribution in [2.24, 2.45) is 5.92 Å². The van der Waals surface area contributed by atoms with E-state index in [0.29, 0.717) is 35.8 Å². The van der Waals surface area contributed by atoms with Gasteiger partial charge in [0.25, 0.3) is 11.8 Å². The quantitative estimate of drug-likeness (QED) is 0.719. The van der Waals surface area contributed by atoms with Crippen molar-refractivity contribution in [2.45, 2.75) is 39.3 Å². The first-order chi connectivity index (χ1) is 15.3. The normalized spacial score (nSPS) is 18.1. The molecule has 6 nitrogen and oxygen atoms in total. The van der Waals surface area contributed by atoms with Crippen LogP contribution < -0.4 is 5.32 Å². The van der Waals surface area contributed by atoms with Gasteiger partial charge in [-0.15, -0.1) is 0 Å². The zero-order valence-corrected chi connectivity index (χ0v) is 19.5. The van der Waals surface area contributed by atoms with Gasteiger partial charge in [-0.1, -0.05) is 50.1 Å². The molecule has 3 rings (SSSR count). The Morgan fingerprint density at radius 2 is 1.69 bits per heavy atom. The molecular weight excluding hydrogens is 426 g/mol. The van der Waals surface area contributed by atoms with Crippen LogP contribution in [0.25, 0.3) is 0 Å². The fourth-order valence-corrected chi connectivity index (χ4v) is 4.04. The molecule has 0 radical (unpaired) electrons. The van der Waals surface area contributed by atoms with E-state index in [9.17, 15) is 14.4 Å². The third kappa shape index (κ3) is 5.49. The predicted octanol–water partition coefficient (Wildman–Crippen LogP) is 3.86. The third-order valence-corrected chi connectivity index (χ3v) is 6.34. The molecule has 1 heterocycles. The summed E-state index contributed by atoms with van der Waals surface area (Å²) < 4.78 is 0. The molecule has 1 aliphatic rings. The van der Waals surface area contributed by atoms with Gasteiger partial charge in [-0.3, -0.25) is 14.4 Å². The molecule has 0 saturated carbocycles. The van der Waals surface area contributed by atoms with Crippen LogP contribution in [-0.2, 0) is 4.79 Å². The number of halogens is 1. The molecule has 3 amide bonds. The van der Waals surface area contributed by atoms with Crippen LogP contribution in [0.1, 0.15) is 47.9 Å². The molecule has 1 saturated heterocycles. The van der Waals surface area contributed by atoms with E-state index in [4.69, 9.17) is 11.6 Å². The van der Waals surface area contributed by atoms with Gasteiger partial charge >= 0.3 is 0 Å². The molecule has 0 bridgehead atoms. The van der Waals surface area contributed by atoms with Gasteiger partial charge in [0.2, 0.25) is 5.91 Å².